The molecular formula is C13H13Br2NO. The van der Waals surface area contributed by atoms with Crippen molar-refractivity contribution in [2.24, 2.45) is 0 Å². The molecule has 0 saturated carbocycles. The summed E-state index contributed by atoms with van der Waals surface area (Å²) in [7, 11) is 0. The third-order valence-electron chi connectivity index (χ3n) is 2.26. The van der Waals surface area contributed by atoms with Crippen LogP contribution in [0.2, 0.25) is 0 Å². The zero-order valence-corrected chi connectivity index (χ0v) is 12.6. The first kappa shape index (κ1) is 14.3. The monoisotopic (exact) mass is 357 g/mol. The van der Waals surface area contributed by atoms with Crippen molar-refractivity contribution in [2.45, 2.75) is 25.8 Å². The van der Waals surface area contributed by atoms with Gasteiger partial charge in [0.05, 0.1) is 11.6 Å². The Morgan fingerprint density at radius 1 is 1.53 bits per heavy atom. The van der Waals surface area contributed by atoms with Crippen LogP contribution in [-0.4, -0.2) is 11.9 Å². The number of nitrogens with one attached hydrogen (secondary N) is 1. The van der Waals surface area contributed by atoms with E-state index in [4.69, 9.17) is 6.42 Å². The van der Waals surface area contributed by atoms with Gasteiger partial charge in [0.1, 0.15) is 0 Å². The highest BCUT2D eigenvalue weighted by Crippen LogP contribution is 2.21. The van der Waals surface area contributed by atoms with Gasteiger partial charge in [-0.25, -0.2) is 0 Å². The molecule has 1 rings (SSSR count). The smallest absolute Gasteiger partial charge is 0.253 e. The van der Waals surface area contributed by atoms with Gasteiger partial charge in [-0.15, -0.1) is 6.42 Å². The minimum absolute atomic E-state index is 0.158. The number of benzene rings is 1. The van der Waals surface area contributed by atoms with Crippen molar-refractivity contribution in [3.63, 3.8) is 0 Å². The number of amides is 1. The van der Waals surface area contributed by atoms with Crippen LogP contribution in [0.15, 0.2) is 27.1 Å². The predicted octanol–water partition coefficient (Wildman–Crippen LogP) is 3.74. The molecule has 0 aliphatic rings. The molecule has 90 valence electrons. The lowest BCUT2D eigenvalue weighted by molar-refractivity contribution is 0.0943. The number of carbonyl (C=O) groups is 1. The molecule has 0 radical (unpaired) electrons. The molecule has 0 aliphatic heterocycles. The van der Waals surface area contributed by atoms with E-state index < -0.39 is 0 Å². The molecule has 0 spiro atoms. The molecule has 1 amide bonds. The summed E-state index contributed by atoms with van der Waals surface area (Å²) in [6.45, 7) is 2.03. The van der Waals surface area contributed by atoms with Crippen molar-refractivity contribution in [1.82, 2.24) is 5.32 Å². The summed E-state index contributed by atoms with van der Waals surface area (Å²) >= 11 is 6.69. The van der Waals surface area contributed by atoms with E-state index in [1.807, 2.05) is 19.1 Å². The van der Waals surface area contributed by atoms with Crippen molar-refractivity contribution in [1.29, 1.82) is 0 Å². The van der Waals surface area contributed by atoms with Gasteiger partial charge < -0.3 is 5.32 Å². The maximum absolute atomic E-state index is 12.0. The third kappa shape index (κ3) is 4.18. The molecular weight excluding hydrogens is 346 g/mol. The second-order valence-electron chi connectivity index (χ2n) is 3.61. The normalized spacial score (nSPS) is 11.6. The summed E-state index contributed by atoms with van der Waals surface area (Å²) in [6, 6.07) is 5.24. The van der Waals surface area contributed by atoms with E-state index in [2.05, 4.69) is 43.1 Å². The molecule has 0 aliphatic carbocycles. The lowest BCUT2D eigenvalue weighted by Gasteiger charge is -2.13. The summed E-state index contributed by atoms with van der Waals surface area (Å²) in [4.78, 5) is 12.0. The lowest BCUT2D eigenvalue weighted by Crippen LogP contribution is -2.33. The standard InChI is InChI=1S/C13H13Br2NO/c1-3-5-10(4-2)16-13(17)11-8-9(14)6-7-12(11)15/h2,6-8,10H,3,5H2,1H3,(H,16,17). The molecule has 1 N–H and O–H groups in total. The molecule has 1 unspecified atom stereocenters. The fraction of sp³-hybridized carbons (Fsp3) is 0.308. The molecule has 0 fully saturated rings. The van der Waals surface area contributed by atoms with Crippen LogP contribution >= 0.6 is 31.9 Å². The molecule has 1 aromatic carbocycles. The Bertz CT molecular complexity index is 451. The van der Waals surface area contributed by atoms with Crippen molar-refractivity contribution in [3.05, 3.63) is 32.7 Å². The van der Waals surface area contributed by atoms with Gasteiger partial charge in [-0.05, 0) is 40.5 Å². The van der Waals surface area contributed by atoms with Crippen LogP contribution in [0.3, 0.4) is 0 Å². The summed E-state index contributed by atoms with van der Waals surface area (Å²) in [5.74, 6) is 2.42. The zero-order chi connectivity index (χ0) is 12.8. The molecule has 4 heteroatoms. The summed E-state index contributed by atoms with van der Waals surface area (Å²) in [5, 5.41) is 2.83. The SMILES string of the molecule is C#CC(CCC)NC(=O)c1cc(Br)ccc1Br. The van der Waals surface area contributed by atoms with Gasteiger partial charge in [-0.3, -0.25) is 4.79 Å². The Kier molecular flexibility index (Phi) is 5.73. The molecule has 1 aromatic rings. The maximum Gasteiger partial charge on any atom is 0.253 e. The van der Waals surface area contributed by atoms with Crippen LogP contribution in [0.1, 0.15) is 30.1 Å². The van der Waals surface area contributed by atoms with Gasteiger partial charge in [0, 0.05) is 8.95 Å². The zero-order valence-electron chi connectivity index (χ0n) is 9.47. The highest BCUT2D eigenvalue weighted by Gasteiger charge is 2.13. The fourth-order valence-electron chi connectivity index (χ4n) is 1.39. The predicted molar refractivity (Wildman–Crippen MR) is 76.8 cm³/mol. The Labute approximate surface area is 118 Å². The fourth-order valence-corrected chi connectivity index (χ4v) is 2.18. The van der Waals surface area contributed by atoms with Crippen LogP contribution < -0.4 is 5.32 Å². The van der Waals surface area contributed by atoms with E-state index in [-0.39, 0.29) is 11.9 Å². The largest absolute Gasteiger partial charge is 0.338 e. The van der Waals surface area contributed by atoms with Gasteiger partial charge in [-0.1, -0.05) is 35.2 Å². The van der Waals surface area contributed by atoms with Crippen LogP contribution in [-0.2, 0) is 0 Å². The highest BCUT2D eigenvalue weighted by atomic mass is 79.9. The number of halogens is 2. The average molecular weight is 359 g/mol. The number of carbonyl (C=O) groups excluding carboxylic acids is 1. The maximum atomic E-state index is 12.0. The first-order chi connectivity index (χ1) is 8.08. The number of hydrogen-bond acceptors (Lipinski definition) is 1. The first-order valence-corrected chi connectivity index (χ1v) is 6.89. The van der Waals surface area contributed by atoms with Crippen LogP contribution in [0, 0.1) is 12.3 Å². The van der Waals surface area contributed by atoms with Crippen molar-refractivity contribution in [3.8, 4) is 12.3 Å². The summed E-state index contributed by atoms with van der Waals surface area (Å²) in [5.41, 5.74) is 0.579. The Hall–Kier alpha value is -0.790. The second-order valence-corrected chi connectivity index (χ2v) is 5.38. The van der Waals surface area contributed by atoms with Crippen molar-refractivity contribution in [2.75, 3.05) is 0 Å². The molecule has 0 aromatic heterocycles. The minimum Gasteiger partial charge on any atom is -0.338 e. The Morgan fingerprint density at radius 3 is 2.82 bits per heavy atom. The highest BCUT2D eigenvalue weighted by molar-refractivity contribution is 9.11. The van der Waals surface area contributed by atoms with E-state index >= 15 is 0 Å². The average Bonchev–Trinajstić information content (AvgIpc) is 2.31. The molecule has 0 saturated heterocycles. The summed E-state index contributed by atoms with van der Waals surface area (Å²) < 4.78 is 1.61. The first-order valence-electron chi connectivity index (χ1n) is 5.30. The van der Waals surface area contributed by atoms with E-state index in [0.29, 0.717) is 5.56 Å². The molecule has 2 nitrogen and oxygen atoms in total. The van der Waals surface area contributed by atoms with Gasteiger partial charge in [0.25, 0.3) is 5.91 Å². The van der Waals surface area contributed by atoms with E-state index in [9.17, 15) is 4.79 Å². The minimum atomic E-state index is -0.210. The molecule has 1 atom stereocenters. The molecule has 17 heavy (non-hydrogen) atoms. The Balaban J connectivity index is 2.83. The van der Waals surface area contributed by atoms with Gasteiger partial charge in [-0.2, -0.15) is 0 Å². The van der Waals surface area contributed by atoms with Gasteiger partial charge in [0.15, 0.2) is 0 Å². The van der Waals surface area contributed by atoms with Crippen LogP contribution in [0.5, 0.6) is 0 Å². The third-order valence-corrected chi connectivity index (χ3v) is 3.44. The van der Waals surface area contributed by atoms with Gasteiger partial charge in [0.2, 0.25) is 0 Å². The number of rotatable bonds is 4. The second kappa shape index (κ2) is 6.83. The number of terminal acetylenes is 1. The van der Waals surface area contributed by atoms with Crippen molar-refractivity contribution >= 4 is 37.8 Å². The number of hydrogen-bond donors (Lipinski definition) is 1. The van der Waals surface area contributed by atoms with E-state index in [1.54, 1.807) is 6.07 Å². The topological polar surface area (TPSA) is 29.1 Å². The quantitative estimate of drug-likeness (QED) is 0.816. The lowest BCUT2D eigenvalue weighted by atomic mass is 10.1. The van der Waals surface area contributed by atoms with Crippen molar-refractivity contribution < 1.29 is 4.79 Å². The molecule has 0 heterocycles. The van der Waals surface area contributed by atoms with Crippen LogP contribution in [0.25, 0.3) is 0 Å². The molecule has 0 bridgehead atoms. The van der Waals surface area contributed by atoms with E-state index in [0.717, 1.165) is 21.8 Å². The summed E-state index contributed by atoms with van der Waals surface area (Å²) in [6.07, 6.45) is 7.09. The van der Waals surface area contributed by atoms with E-state index in [1.165, 1.54) is 0 Å². The Morgan fingerprint density at radius 2 is 2.24 bits per heavy atom. The van der Waals surface area contributed by atoms with Gasteiger partial charge >= 0.3 is 0 Å². The van der Waals surface area contributed by atoms with Crippen LogP contribution in [0.4, 0.5) is 0 Å².